The maximum Gasteiger partial charge on any atom is 0.302 e. The van der Waals surface area contributed by atoms with Crippen LogP contribution in [0.4, 0.5) is 0 Å². The number of hydrogen-bond acceptors (Lipinski definition) is 6. The molecule has 0 N–H and O–H groups in total. The van der Waals surface area contributed by atoms with Crippen molar-refractivity contribution in [2.24, 2.45) is 5.92 Å². The van der Waals surface area contributed by atoms with Crippen molar-refractivity contribution in [2.75, 3.05) is 5.75 Å². The highest BCUT2D eigenvalue weighted by Crippen LogP contribution is 2.31. The second kappa shape index (κ2) is 15.1. The number of rotatable bonds is 13. The van der Waals surface area contributed by atoms with Crippen LogP contribution < -0.4 is 0 Å². The molecule has 4 aromatic rings. The molecule has 4 rings (SSSR count). The van der Waals surface area contributed by atoms with E-state index in [1.165, 1.54) is 6.92 Å². The van der Waals surface area contributed by atoms with Crippen LogP contribution in [0.15, 0.2) is 118 Å². The summed E-state index contributed by atoms with van der Waals surface area (Å²) in [5.41, 5.74) is 1.89. The first-order chi connectivity index (χ1) is 19.8. The number of ether oxygens (including phenoxy) is 1. The van der Waals surface area contributed by atoms with Crippen molar-refractivity contribution in [1.29, 1.82) is 0 Å². The Morgan fingerprint density at radius 2 is 1.27 bits per heavy atom. The van der Waals surface area contributed by atoms with E-state index in [1.54, 1.807) is 23.5 Å². The number of carbonyl (C=O) groups is 3. The largest absolute Gasteiger partial charge is 0.462 e. The predicted molar refractivity (Wildman–Crippen MR) is 167 cm³/mol. The normalized spacial score (nSPS) is 12.4. The van der Waals surface area contributed by atoms with Crippen molar-refractivity contribution in [2.45, 2.75) is 47.5 Å². The number of hydrogen-bond donors (Lipinski definition) is 0. The topological polar surface area (TPSA) is 60.4 Å². The van der Waals surface area contributed by atoms with Gasteiger partial charge < -0.3 is 4.74 Å². The van der Waals surface area contributed by atoms with Crippen molar-refractivity contribution in [1.82, 2.24) is 0 Å². The van der Waals surface area contributed by atoms with Crippen LogP contribution in [0, 0.1) is 5.92 Å². The fourth-order valence-corrected chi connectivity index (χ4v) is 6.33. The van der Waals surface area contributed by atoms with Crippen molar-refractivity contribution >= 4 is 52.7 Å². The fourth-order valence-electron chi connectivity index (χ4n) is 4.45. The maximum atomic E-state index is 13.6. The Hall–Kier alpha value is -3.32. The molecule has 0 heterocycles. The number of thioether (sulfide) groups is 1. The molecule has 0 aliphatic heterocycles. The van der Waals surface area contributed by atoms with E-state index in [-0.39, 0.29) is 17.5 Å². The van der Waals surface area contributed by atoms with E-state index in [1.807, 2.05) is 110 Å². The van der Waals surface area contributed by atoms with Gasteiger partial charge in [0.15, 0.2) is 11.6 Å². The van der Waals surface area contributed by atoms with Crippen LogP contribution in [-0.2, 0) is 9.53 Å². The van der Waals surface area contributed by atoms with Crippen molar-refractivity contribution < 1.29 is 19.1 Å². The van der Waals surface area contributed by atoms with E-state index >= 15 is 0 Å². The Balaban J connectivity index is 1.42. The minimum absolute atomic E-state index is 0.00901. The van der Waals surface area contributed by atoms with Gasteiger partial charge in [0.1, 0.15) is 6.10 Å². The zero-order valence-electron chi connectivity index (χ0n) is 22.9. The summed E-state index contributed by atoms with van der Waals surface area (Å²) in [4.78, 5) is 41.1. The lowest BCUT2D eigenvalue weighted by molar-refractivity contribution is -0.148. The highest BCUT2D eigenvalue weighted by atomic mass is 35.5. The molecule has 0 radical (unpaired) electrons. The molecule has 0 spiro atoms. The van der Waals surface area contributed by atoms with Crippen LogP contribution in [0.1, 0.15) is 53.0 Å². The Morgan fingerprint density at radius 1 is 0.732 bits per heavy atom. The first-order valence-electron chi connectivity index (χ1n) is 13.4. The molecule has 4 aromatic carbocycles. The van der Waals surface area contributed by atoms with E-state index in [9.17, 15) is 14.4 Å². The lowest BCUT2D eigenvalue weighted by Crippen LogP contribution is -2.32. The second-order valence-electron chi connectivity index (χ2n) is 9.46. The number of halogens is 1. The van der Waals surface area contributed by atoms with Crippen LogP contribution in [0.5, 0.6) is 0 Å². The van der Waals surface area contributed by atoms with Crippen molar-refractivity contribution in [3.8, 4) is 0 Å². The van der Waals surface area contributed by atoms with Gasteiger partial charge in [0.05, 0.1) is 5.92 Å². The quantitative estimate of drug-likeness (QED) is 0.0864. The Bertz CT molecular complexity index is 1450. The number of esters is 1. The number of ketones is 2. The van der Waals surface area contributed by atoms with E-state index in [0.717, 1.165) is 14.7 Å². The van der Waals surface area contributed by atoms with Crippen LogP contribution in [0.25, 0.3) is 0 Å². The van der Waals surface area contributed by atoms with Gasteiger partial charge >= 0.3 is 5.97 Å². The molecule has 210 valence electrons. The van der Waals surface area contributed by atoms with E-state index in [4.69, 9.17) is 16.3 Å². The fraction of sp³-hybridized carbons (Fsp3) is 0.206. The van der Waals surface area contributed by atoms with Gasteiger partial charge in [-0.15, -0.1) is 11.8 Å². The monoisotopic (exact) mass is 602 g/mol. The molecule has 0 saturated heterocycles. The van der Waals surface area contributed by atoms with Gasteiger partial charge in [-0.05, 0) is 79.3 Å². The Kier molecular flexibility index (Phi) is 11.3. The van der Waals surface area contributed by atoms with Crippen LogP contribution in [0.3, 0.4) is 0 Å². The summed E-state index contributed by atoms with van der Waals surface area (Å²) in [6.45, 7) is 3.31. The highest BCUT2D eigenvalue weighted by Gasteiger charge is 2.30. The van der Waals surface area contributed by atoms with Gasteiger partial charge in [-0.25, -0.2) is 0 Å². The summed E-state index contributed by atoms with van der Waals surface area (Å²) in [7, 11) is 0. The van der Waals surface area contributed by atoms with Gasteiger partial charge in [0.2, 0.25) is 0 Å². The highest BCUT2D eigenvalue weighted by molar-refractivity contribution is 7.99. The molecule has 2 atom stereocenters. The number of Topliss-reactive ketones (excluding diaryl/α,β-unsaturated/α-hetero) is 1. The SMILES string of the molecule is CCC(OC(C)=O)C(CCSc1ccc(Cl)cc1)C(=O)c1ccc(Sc2ccc(C(=O)c3ccccc3)cc2)cc1. The second-order valence-corrected chi connectivity index (χ2v) is 12.2. The lowest BCUT2D eigenvalue weighted by Gasteiger charge is -2.25. The third-order valence-electron chi connectivity index (χ3n) is 6.54. The van der Waals surface area contributed by atoms with Crippen LogP contribution >= 0.6 is 35.1 Å². The average molecular weight is 603 g/mol. The molecule has 0 aromatic heterocycles. The Labute approximate surface area is 254 Å². The summed E-state index contributed by atoms with van der Waals surface area (Å²) >= 11 is 9.20. The van der Waals surface area contributed by atoms with Gasteiger partial charge in [0.25, 0.3) is 0 Å². The maximum absolute atomic E-state index is 13.6. The number of benzene rings is 4. The average Bonchev–Trinajstić information content (AvgIpc) is 3.00. The third-order valence-corrected chi connectivity index (χ3v) is 8.86. The summed E-state index contributed by atoms with van der Waals surface area (Å²) in [6, 6.07) is 31.9. The van der Waals surface area contributed by atoms with Crippen LogP contribution in [-0.4, -0.2) is 29.4 Å². The summed E-state index contributed by atoms with van der Waals surface area (Å²) in [6.07, 6.45) is 0.637. The van der Waals surface area contributed by atoms with Crippen molar-refractivity contribution in [3.05, 3.63) is 125 Å². The van der Waals surface area contributed by atoms with Crippen molar-refractivity contribution in [3.63, 3.8) is 0 Å². The first-order valence-corrected chi connectivity index (χ1v) is 15.6. The van der Waals surface area contributed by atoms with Gasteiger partial charge in [-0.1, -0.05) is 72.8 Å². The minimum Gasteiger partial charge on any atom is -0.462 e. The van der Waals surface area contributed by atoms with E-state index in [0.29, 0.717) is 40.3 Å². The summed E-state index contributed by atoms with van der Waals surface area (Å²) < 4.78 is 5.57. The third kappa shape index (κ3) is 8.83. The molecular formula is C34H31ClO4S2. The number of carbonyl (C=O) groups excluding carboxylic acids is 3. The minimum atomic E-state index is -0.489. The molecule has 0 bridgehead atoms. The Morgan fingerprint density at radius 3 is 1.83 bits per heavy atom. The predicted octanol–water partition coefficient (Wildman–Crippen LogP) is 9.05. The molecule has 0 aliphatic rings. The molecule has 41 heavy (non-hydrogen) atoms. The van der Waals surface area contributed by atoms with Gasteiger partial charge in [-0.3, -0.25) is 14.4 Å². The first kappa shape index (κ1) is 30.6. The molecule has 0 saturated carbocycles. The van der Waals surface area contributed by atoms with Crippen LogP contribution in [0.2, 0.25) is 5.02 Å². The van der Waals surface area contributed by atoms with E-state index in [2.05, 4.69) is 0 Å². The molecular weight excluding hydrogens is 572 g/mol. The molecule has 0 aliphatic carbocycles. The standard InChI is InChI=1S/C34H31ClO4S2/c1-3-32(39-23(2)36)31(21-22-40-28-19-13-27(35)14-20-28)34(38)26-11-17-30(18-12-26)41-29-15-9-25(10-16-29)33(37)24-7-5-4-6-8-24/h4-20,31-32H,3,21-22H2,1-2H3. The smallest absolute Gasteiger partial charge is 0.302 e. The lowest BCUT2D eigenvalue weighted by atomic mass is 9.89. The molecule has 0 amide bonds. The zero-order chi connectivity index (χ0) is 29.2. The van der Waals surface area contributed by atoms with Gasteiger partial charge in [0, 0.05) is 43.3 Å². The molecule has 0 fully saturated rings. The zero-order valence-corrected chi connectivity index (χ0v) is 25.3. The molecule has 4 nitrogen and oxygen atoms in total. The summed E-state index contributed by atoms with van der Waals surface area (Å²) in [5.74, 6) is -0.174. The molecule has 7 heteroatoms. The summed E-state index contributed by atoms with van der Waals surface area (Å²) in [5, 5.41) is 0.681. The van der Waals surface area contributed by atoms with E-state index < -0.39 is 12.0 Å². The van der Waals surface area contributed by atoms with Gasteiger partial charge in [-0.2, -0.15) is 0 Å². The molecule has 2 unspecified atom stereocenters.